The van der Waals surface area contributed by atoms with Gasteiger partial charge in [0.05, 0.1) is 6.67 Å². The Kier molecular flexibility index (Phi) is 4.08. The average Bonchev–Trinajstić information content (AvgIpc) is 2.92. The van der Waals surface area contributed by atoms with E-state index in [1.807, 2.05) is 0 Å². The van der Waals surface area contributed by atoms with E-state index in [1.165, 1.54) is 27.1 Å². The molecule has 4 rings (SSSR count). The molecule has 0 N–H and O–H groups in total. The van der Waals surface area contributed by atoms with E-state index in [0.29, 0.717) is 0 Å². The molecule has 0 aromatic heterocycles. The van der Waals surface area contributed by atoms with Crippen molar-refractivity contribution < 1.29 is 0 Å². The van der Waals surface area contributed by atoms with Gasteiger partial charge in [-0.1, -0.05) is 48.5 Å². The Morgan fingerprint density at radius 2 is 1.45 bits per heavy atom. The third-order valence-corrected chi connectivity index (χ3v) is 4.18. The summed E-state index contributed by atoms with van der Waals surface area (Å²) in [6.45, 7) is 1.90. The molecule has 112 valence electrons. The van der Waals surface area contributed by atoms with Gasteiger partial charge in [-0.05, 0) is 33.2 Å². The third kappa shape index (κ3) is 2.57. The minimum atomic E-state index is 0. The molecule has 0 unspecified atom stereocenters. The molecule has 0 saturated carbocycles. The van der Waals surface area contributed by atoms with Crippen LogP contribution in [0.5, 0.6) is 0 Å². The van der Waals surface area contributed by atoms with Crippen molar-refractivity contribution in [1.29, 1.82) is 0 Å². The monoisotopic (exact) mass is 354 g/mol. The molecule has 0 fully saturated rings. The number of rotatable bonds is 2. The summed E-state index contributed by atoms with van der Waals surface area (Å²) in [5, 5.41) is 5.36. The first-order valence-electron chi connectivity index (χ1n) is 7.33. The molecule has 3 aromatic carbocycles. The maximum absolute atomic E-state index is 2.36. The van der Waals surface area contributed by atoms with Gasteiger partial charge >= 0.3 is 0 Å². The summed E-state index contributed by atoms with van der Waals surface area (Å²) >= 11 is 0. The highest BCUT2D eigenvalue weighted by atomic mass is 79.9. The Morgan fingerprint density at radius 1 is 0.864 bits per heavy atom. The van der Waals surface area contributed by atoms with Gasteiger partial charge in [0.2, 0.25) is 0 Å². The van der Waals surface area contributed by atoms with Crippen LogP contribution in [0.25, 0.3) is 21.5 Å². The summed E-state index contributed by atoms with van der Waals surface area (Å²) < 4.78 is 0. The summed E-state index contributed by atoms with van der Waals surface area (Å²) in [6, 6.07) is 19.7. The predicted octanol–water partition coefficient (Wildman–Crippen LogP) is 4.75. The minimum absolute atomic E-state index is 0. The molecule has 0 aliphatic carbocycles. The second-order valence-electron chi connectivity index (χ2n) is 5.74. The molecule has 0 radical (unpaired) electrons. The number of fused-ring (bicyclic) bond motifs is 2. The smallest absolute Gasteiger partial charge is 0.0894 e. The molecular weight excluding hydrogens is 336 g/mol. The Bertz CT molecular complexity index is 787. The second kappa shape index (κ2) is 6.01. The lowest BCUT2D eigenvalue weighted by atomic mass is 9.96. The molecule has 0 saturated heterocycles. The van der Waals surface area contributed by atoms with Gasteiger partial charge in [0, 0.05) is 26.0 Å². The standard InChI is InChI=1S/C19H18N2.BrH/c1-20-10-11-21(14-20)13-19-17-8-4-2-6-15(17)12-16-7-3-5-9-18(16)19;/h2-12H,13-14H2,1H3;1H. The van der Waals surface area contributed by atoms with Crippen molar-refractivity contribution in [3.63, 3.8) is 0 Å². The minimum Gasteiger partial charge on any atom is -0.362 e. The largest absolute Gasteiger partial charge is 0.362 e. The summed E-state index contributed by atoms with van der Waals surface area (Å²) in [7, 11) is 2.11. The maximum Gasteiger partial charge on any atom is 0.0894 e. The molecule has 22 heavy (non-hydrogen) atoms. The zero-order valence-electron chi connectivity index (χ0n) is 12.6. The molecule has 1 aliphatic heterocycles. The van der Waals surface area contributed by atoms with E-state index >= 15 is 0 Å². The third-order valence-electron chi connectivity index (χ3n) is 4.18. The van der Waals surface area contributed by atoms with Crippen molar-refractivity contribution in [1.82, 2.24) is 9.80 Å². The van der Waals surface area contributed by atoms with E-state index < -0.39 is 0 Å². The molecule has 3 aromatic rings. The summed E-state index contributed by atoms with van der Waals surface area (Å²) in [5.74, 6) is 0. The number of benzene rings is 3. The highest BCUT2D eigenvalue weighted by Gasteiger charge is 2.13. The topological polar surface area (TPSA) is 6.48 Å². The predicted molar refractivity (Wildman–Crippen MR) is 99.1 cm³/mol. The van der Waals surface area contributed by atoms with Crippen LogP contribution in [-0.2, 0) is 6.54 Å². The van der Waals surface area contributed by atoms with Gasteiger partial charge in [-0.15, -0.1) is 17.0 Å². The van der Waals surface area contributed by atoms with E-state index in [9.17, 15) is 0 Å². The van der Waals surface area contributed by atoms with Crippen molar-refractivity contribution >= 4 is 38.5 Å². The van der Waals surface area contributed by atoms with Crippen LogP contribution in [0.4, 0.5) is 0 Å². The Morgan fingerprint density at radius 3 is 2.00 bits per heavy atom. The molecule has 2 nitrogen and oxygen atoms in total. The van der Waals surface area contributed by atoms with Crippen molar-refractivity contribution in [3.8, 4) is 0 Å². The quantitative estimate of drug-likeness (QED) is 0.613. The summed E-state index contributed by atoms with van der Waals surface area (Å²) in [5.41, 5.74) is 1.42. The molecule has 0 atom stereocenters. The molecule has 0 amide bonds. The van der Waals surface area contributed by atoms with Crippen LogP contribution in [0.15, 0.2) is 67.0 Å². The van der Waals surface area contributed by atoms with Crippen molar-refractivity contribution in [2.24, 2.45) is 0 Å². The molecule has 0 bridgehead atoms. The SMILES string of the molecule is Br.CN1C=CN(Cc2c3ccccc3cc3ccccc23)C1. The van der Waals surface area contributed by atoms with E-state index in [1.54, 1.807) is 0 Å². The van der Waals surface area contributed by atoms with Crippen LogP contribution in [0.3, 0.4) is 0 Å². The van der Waals surface area contributed by atoms with Crippen molar-refractivity contribution in [2.75, 3.05) is 13.7 Å². The van der Waals surface area contributed by atoms with Gasteiger partial charge < -0.3 is 9.80 Å². The molecule has 0 spiro atoms. The Balaban J connectivity index is 0.00000144. The number of nitrogens with zero attached hydrogens (tertiary/aromatic N) is 2. The zero-order valence-corrected chi connectivity index (χ0v) is 14.3. The van der Waals surface area contributed by atoms with Gasteiger partial charge in [0.25, 0.3) is 0 Å². The van der Waals surface area contributed by atoms with Crippen molar-refractivity contribution in [3.05, 3.63) is 72.6 Å². The van der Waals surface area contributed by atoms with Gasteiger partial charge in [0.15, 0.2) is 0 Å². The first kappa shape index (κ1) is 14.9. The van der Waals surface area contributed by atoms with Gasteiger partial charge in [0.1, 0.15) is 0 Å². The van der Waals surface area contributed by atoms with Crippen LogP contribution in [-0.4, -0.2) is 23.5 Å². The van der Waals surface area contributed by atoms with Crippen LogP contribution < -0.4 is 0 Å². The van der Waals surface area contributed by atoms with E-state index in [4.69, 9.17) is 0 Å². The van der Waals surface area contributed by atoms with Gasteiger partial charge in [-0.25, -0.2) is 0 Å². The van der Waals surface area contributed by atoms with E-state index in [0.717, 1.165) is 13.2 Å². The van der Waals surface area contributed by atoms with E-state index in [-0.39, 0.29) is 17.0 Å². The van der Waals surface area contributed by atoms with Crippen LogP contribution in [0.1, 0.15) is 5.56 Å². The normalized spacial score (nSPS) is 13.9. The highest BCUT2D eigenvalue weighted by molar-refractivity contribution is 8.93. The fraction of sp³-hybridized carbons (Fsp3) is 0.158. The zero-order chi connectivity index (χ0) is 14.2. The van der Waals surface area contributed by atoms with Crippen LogP contribution in [0.2, 0.25) is 0 Å². The lowest BCUT2D eigenvalue weighted by molar-refractivity contribution is 0.292. The Labute approximate surface area is 141 Å². The van der Waals surface area contributed by atoms with Crippen molar-refractivity contribution in [2.45, 2.75) is 6.54 Å². The summed E-state index contributed by atoms with van der Waals surface area (Å²) in [4.78, 5) is 4.56. The van der Waals surface area contributed by atoms with E-state index in [2.05, 4.69) is 83.8 Å². The number of halogens is 1. The van der Waals surface area contributed by atoms with Gasteiger partial charge in [-0.3, -0.25) is 0 Å². The average molecular weight is 355 g/mol. The highest BCUT2D eigenvalue weighted by Crippen LogP contribution is 2.30. The Hall–Kier alpha value is -2.00. The number of hydrogen-bond acceptors (Lipinski definition) is 2. The lowest BCUT2D eigenvalue weighted by Crippen LogP contribution is -2.22. The van der Waals surface area contributed by atoms with Crippen LogP contribution >= 0.6 is 17.0 Å². The molecule has 1 aliphatic rings. The maximum atomic E-state index is 2.36. The molecule has 1 heterocycles. The summed E-state index contributed by atoms with van der Waals surface area (Å²) in [6.07, 6.45) is 4.31. The fourth-order valence-electron chi connectivity index (χ4n) is 3.17. The first-order valence-corrected chi connectivity index (χ1v) is 7.33. The second-order valence-corrected chi connectivity index (χ2v) is 5.74. The first-order chi connectivity index (χ1) is 10.3. The fourth-order valence-corrected chi connectivity index (χ4v) is 3.17. The molecule has 3 heteroatoms. The number of hydrogen-bond donors (Lipinski definition) is 0. The lowest BCUT2D eigenvalue weighted by Gasteiger charge is -2.20. The van der Waals surface area contributed by atoms with Gasteiger partial charge in [-0.2, -0.15) is 0 Å². The molecular formula is C19H19BrN2. The van der Waals surface area contributed by atoms with Crippen LogP contribution in [0, 0.1) is 0 Å².